The van der Waals surface area contributed by atoms with E-state index in [-0.39, 0.29) is 12.1 Å². The molecule has 2 aliphatic rings. The summed E-state index contributed by atoms with van der Waals surface area (Å²) < 4.78 is 5.31. The fourth-order valence-electron chi connectivity index (χ4n) is 3.64. The lowest BCUT2D eigenvalue weighted by Crippen LogP contribution is -2.38. The minimum Gasteiger partial charge on any atom is -0.380 e. The van der Waals surface area contributed by atoms with Crippen LogP contribution in [0.15, 0.2) is 24.3 Å². The zero-order valence-electron chi connectivity index (χ0n) is 15.5. The standard InChI is InChI=1S/C20H31N3O2/c1-16-7-10-22(11-8-16)14-18-5-3-17(4-6-18)13-21-20(24)23-12-9-19(15-23)25-2/h3-6,16,19H,7-15H2,1-2H3,(H,21,24)/t19-/m1/s1. The van der Waals surface area contributed by atoms with Crippen LogP contribution < -0.4 is 5.32 Å². The smallest absolute Gasteiger partial charge is 0.317 e. The Labute approximate surface area is 151 Å². The van der Waals surface area contributed by atoms with Gasteiger partial charge in [-0.3, -0.25) is 4.90 Å². The summed E-state index contributed by atoms with van der Waals surface area (Å²) in [5, 5.41) is 3.01. The Morgan fingerprint density at radius 2 is 1.80 bits per heavy atom. The first-order valence-electron chi connectivity index (χ1n) is 9.50. The average Bonchev–Trinajstić information content (AvgIpc) is 3.12. The van der Waals surface area contributed by atoms with Crippen LogP contribution in [0.2, 0.25) is 0 Å². The molecule has 5 nitrogen and oxygen atoms in total. The van der Waals surface area contributed by atoms with Crippen molar-refractivity contribution in [2.45, 2.75) is 45.4 Å². The molecule has 0 saturated carbocycles. The number of ether oxygens (including phenoxy) is 1. The van der Waals surface area contributed by atoms with Crippen molar-refractivity contribution in [3.05, 3.63) is 35.4 Å². The number of hydrogen-bond acceptors (Lipinski definition) is 3. The molecule has 2 saturated heterocycles. The van der Waals surface area contributed by atoms with Crippen LogP contribution in [0.1, 0.15) is 37.3 Å². The summed E-state index contributed by atoms with van der Waals surface area (Å²) in [5.41, 5.74) is 2.50. The number of rotatable bonds is 5. The minimum absolute atomic E-state index is 0.00561. The van der Waals surface area contributed by atoms with E-state index in [1.54, 1.807) is 7.11 Å². The van der Waals surface area contributed by atoms with Gasteiger partial charge in [-0.25, -0.2) is 4.79 Å². The second-order valence-corrected chi connectivity index (χ2v) is 7.53. The summed E-state index contributed by atoms with van der Waals surface area (Å²) in [4.78, 5) is 16.6. The Kier molecular flexibility index (Phi) is 6.32. The van der Waals surface area contributed by atoms with E-state index in [0.29, 0.717) is 13.1 Å². The molecule has 2 amide bonds. The molecule has 0 radical (unpaired) electrons. The third-order valence-corrected chi connectivity index (χ3v) is 5.51. The lowest BCUT2D eigenvalue weighted by atomic mass is 9.99. The number of amides is 2. The summed E-state index contributed by atoms with van der Waals surface area (Å²) in [6.45, 7) is 7.83. The van der Waals surface area contributed by atoms with Crippen molar-refractivity contribution in [3.8, 4) is 0 Å². The van der Waals surface area contributed by atoms with Crippen LogP contribution in [0.4, 0.5) is 4.79 Å². The highest BCUT2D eigenvalue weighted by Gasteiger charge is 2.25. The first-order valence-corrected chi connectivity index (χ1v) is 9.50. The first-order chi connectivity index (χ1) is 12.1. The summed E-state index contributed by atoms with van der Waals surface area (Å²) in [7, 11) is 1.71. The molecule has 3 rings (SSSR count). The molecule has 138 valence electrons. The maximum Gasteiger partial charge on any atom is 0.317 e. The molecule has 0 aliphatic carbocycles. The van der Waals surface area contributed by atoms with Gasteiger partial charge in [0.15, 0.2) is 0 Å². The zero-order valence-corrected chi connectivity index (χ0v) is 15.5. The number of nitrogens with zero attached hydrogens (tertiary/aromatic N) is 2. The van der Waals surface area contributed by atoms with E-state index in [0.717, 1.165) is 31.0 Å². The summed E-state index contributed by atoms with van der Waals surface area (Å²) in [5.74, 6) is 0.872. The van der Waals surface area contributed by atoms with Crippen LogP contribution in [0.3, 0.4) is 0 Å². The van der Waals surface area contributed by atoms with E-state index < -0.39 is 0 Å². The second-order valence-electron chi connectivity index (χ2n) is 7.53. The van der Waals surface area contributed by atoms with Gasteiger partial charge >= 0.3 is 6.03 Å². The van der Waals surface area contributed by atoms with Crippen molar-refractivity contribution in [2.24, 2.45) is 5.92 Å². The predicted molar refractivity (Wildman–Crippen MR) is 99.3 cm³/mol. The summed E-state index contributed by atoms with van der Waals surface area (Å²) >= 11 is 0. The average molecular weight is 345 g/mol. The van der Waals surface area contributed by atoms with Gasteiger partial charge in [0, 0.05) is 33.3 Å². The Morgan fingerprint density at radius 3 is 2.44 bits per heavy atom. The molecular formula is C20H31N3O2. The molecule has 5 heteroatoms. The van der Waals surface area contributed by atoms with Gasteiger partial charge in [-0.15, -0.1) is 0 Å². The number of carbonyl (C=O) groups excluding carboxylic acids is 1. The van der Waals surface area contributed by atoms with Crippen LogP contribution >= 0.6 is 0 Å². The number of nitrogens with one attached hydrogen (secondary N) is 1. The zero-order chi connectivity index (χ0) is 17.6. The van der Waals surface area contributed by atoms with E-state index in [1.807, 2.05) is 4.90 Å². The second kappa shape index (κ2) is 8.68. The molecule has 2 fully saturated rings. The van der Waals surface area contributed by atoms with Gasteiger partial charge in [-0.05, 0) is 49.4 Å². The highest BCUT2D eigenvalue weighted by atomic mass is 16.5. The van der Waals surface area contributed by atoms with Crippen molar-refractivity contribution >= 4 is 6.03 Å². The van der Waals surface area contributed by atoms with Gasteiger partial charge in [0.2, 0.25) is 0 Å². The third kappa shape index (κ3) is 5.19. The van der Waals surface area contributed by atoms with Crippen LogP contribution in [-0.4, -0.2) is 55.2 Å². The van der Waals surface area contributed by atoms with Crippen molar-refractivity contribution < 1.29 is 9.53 Å². The lowest BCUT2D eigenvalue weighted by Gasteiger charge is -2.30. The van der Waals surface area contributed by atoms with Gasteiger partial charge in [0.05, 0.1) is 6.10 Å². The largest absolute Gasteiger partial charge is 0.380 e. The number of methoxy groups -OCH3 is 1. The van der Waals surface area contributed by atoms with E-state index in [9.17, 15) is 4.79 Å². The number of hydrogen-bond donors (Lipinski definition) is 1. The SMILES string of the molecule is CO[C@@H]1CCN(C(=O)NCc2ccc(CN3CCC(C)CC3)cc2)C1. The Bertz CT molecular complexity index is 553. The highest BCUT2D eigenvalue weighted by molar-refractivity contribution is 5.74. The molecule has 0 unspecified atom stereocenters. The number of benzene rings is 1. The maximum absolute atomic E-state index is 12.2. The number of carbonyl (C=O) groups is 1. The molecule has 0 spiro atoms. The molecule has 0 aromatic heterocycles. The minimum atomic E-state index is 0.00561. The molecule has 2 heterocycles. The molecule has 2 aliphatic heterocycles. The van der Waals surface area contributed by atoms with Crippen LogP contribution in [0, 0.1) is 5.92 Å². The summed E-state index contributed by atoms with van der Waals surface area (Å²) in [6, 6.07) is 8.65. The van der Waals surface area contributed by atoms with Gasteiger partial charge in [-0.1, -0.05) is 31.2 Å². The Hall–Kier alpha value is -1.59. The Balaban J connectivity index is 1.42. The quantitative estimate of drug-likeness (QED) is 0.892. The Morgan fingerprint density at radius 1 is 1.12 bits per heavy atom. The molecule has 1 aromatic carbocycles. The fraction of sp³-hybridized carbons (Fsp3) is 0.650. The van der Waals surface area contributed by atoms with Crippen LogP contribution in [-0.2, 0) is 17.8 Å². The molecule has 1 aromatic rings. The molecular weight excluding hydrogens is 314 g/mol. The first kappa shape index (κ1) is 18.2. The maximum atomic E-state index is 12.2. The van der Waals surface area contributed by atoms with Gasteiger partial charge in [0.25, 0.3) is 0 Å². The number of piperidine rings is 1. The van der Waals surface area contributed by atoms with Crippen LogP contribution in [0.25, 0.3) is 0 Å². The van der Waals surface area contributed by atoms with Gasteiger partial charge in [-0.2, -0.15) is 0 Å². The van der Waals surface area contributed by atoms with Crippen molar-refractivity contribution in [3.63, 3.8) is 0 Å². The van der Waals surface area contributed by atoms with Gasteiger partial charge < -0.3 is 15.0 Å². The summed E-state index contributed by atoms with van der Waals surface area (Å²) in [6.07, 6.45) is 3.73. The molecule has 1 N–H and O–H groups in total. The molecule has 25 heavy (non-hydrogen) atoms. The van der Waals surface area contributed by atoms with E-state index in [4.69, 9.17) is 4.74 Å². The van der Waals surface area contributed by atoms with Crippen molar-refractivity contribution in [1.82, 2.24) is 15.1 Å². The molecule has 0 bridgehead atoms. The van der Waals surface area contributed by atoms with E-state index in [2.05, 4.69) is 41.4 Å². The van der Waals surface area contributed by atoms with E-state index in [1.165, 1.54) is 31.5 Å². The topological polar surface area (TPSA) is 44.8 Å². The number of likely N-dealkylation sites (tertiary alicyclic amines) is 2. The highest BCUT2D eigenvalue weighted by Crippen LogP contribution is 2.18. The fourth-order valence-corrected chi connectivity index (χ4v) is 3.64. The normalized spacial score (nSPS) is 22.3. The van der Waals surface area contributed by atoms with Crippen LogP contribution in [0.5, 0.6) is 0 Å². The third-order valence-electron chi connectivity index (χ3n) is 5.51. The predicted octanol–water partition coefficient (Wildman–Crippen LogP) is 2.85. The molecule has 1 atom stereocenters. The van der Waals surface area contributed by atoms with Gasteiger partial charge in [0.1, 0.15) is 0 Å². The van der Waals surface area contributed by atoms with Crippen molar-refractivity contribution in [2.75, 3.05) is 33.3 Å². The van der Waals surface area contributed by atoms with E-state index >= 15 is 0 Å². The monoisotopic (exact) mass is 345 g/mol. The van der Waals surface area contributed by atoms with Crippen molar-refractivity contribution in [1.29, 1.82) is 0 Å². The number of urea groups is 1. The lowest BCUT2D eigenvalue weighted by molar-refractivity contribution is 0.110.